The van der Waals surface area contributed by atoms with Crippen molar-refractivity contribution in [3.05, 3.63) is 48.1 Å². The van der Waals surface area contributed by atoms with Crippen LogP contribution in [0.5, 0.6) is 0 Å². The Labute approximate surface area is 215 Å². The quantitative estimate of drug-likeness (QED) is 0.397. The Morgan fingerprint density at radius 1 is 0.743 bits per heavy atom. The number of nitrogens with two attached hydrogens (primary N) is 1. The van der Waals surface area contributed by atoms with Crippen molar-refractivity contribution < 1.29 is 0 Å². The van der Waals surface area contributed by atoms with Crippen molar-refractivity contribution in [3.8, 4) is 0 Å². The van der Waals surface area contributed by atoms with E-state index in [1.807, 2.05) is 5.57 Å². The topological polar surface area (TPSA) is 26.0 Å². The van der Waals surface area contributed by atoms with Gasteiger partial charge in [-0.3, -0.25) is 0 Å². The van der Waals surface area contributed by atoms with Crippen LogP contribution in [-0.4, -0.2) is 6.54 Å². The molecule has 0 aromatic heterocycles. The van der Waals surface area contributed by atoms with Gasteiger partial charge < -0.3 is 5.73 Å². The van der Waals surface area contributed by atoms with Crippen molar-refractivity contribution in [3.63, 3.8) is 0 Å². The fraction of sp³-hybridized carbons (Fsp3) is 0.765. The molecule has 0 aromatic carbocycles. The van der Waals surface area contributed by atoms with E-state index in [0.717, 1.165) is 59.2 Å². The van der Waals surface area contributed by atoms with E-state index in [1.165, 1.54) is 96.3 Å². The smallest absolute Gasteiger partial charge is 0.0106 e. The molecule has 0 aromatic rings. The van der Waals surface area contributed by atoms with Crippen molar-refractivity contribution in [2.45, 2.75) is 96.3 Å². The van der Waals surface area contributed by atoms with Gasteiger partial charge in [-0.1, -0.05) is 73.8 Å². The maximum absolute atomic E-state index is 5.73. The summed E-state index contributed by atoms with van der Waals surface area (Å²) in [6.07, 6.45) is 39.2. The lowest BCUT2D eigenvalue weighted by Crippen LogP contribution is -2.43. The Kier molecular flexibility index (Phi) is 7.71. The number of rotatable bonds is 5. The summed E-state index contributed by atoms with van der Waals surface area (Å²) in [5.74, 6) is 9.43. The molecule has 6 rings (SSSR count). The lowest BCUT2D eigenvalue weighted by Gasteiger charge is -2.51. The average Bonchev–Trinajstić information content (AvgIpc) is 2.93. The number of allylic oxidation sites excluding steroid dienone is 7. The first-order valence-electron chi connectivity index (χ1n) is 15.7. The van der Waals surface area contributed by atoms with E-state index in [9.17, 15) is 0 Å². The highest BCUT2D eigenvalue weighted by molar-refractivity contribution is 5.22. The van der Waals surface area contributed by atoms with Gasteiger partial charge in [0.05, 0.1) is 0 Å². The van der Waals surface area contributed by atoms with E-state index in [0.29, 0.717) is 6.54 Å². The minimum absolute atomic E-state index is 0.706. The summed E-state index contributed by atoms with van der Waals surface area (Å²) >= 11 is 0. The predicted octanol–water partition coefficient (Wildman–Crippen LogP) is 8.64. The predicted molar refractivity (Wildman–Crippen MR) is 149 cm³/mol. The van der Waals surface area contributed by atoms with Gasteiger partial charge in [-0.15, -0.1) is 0 Å². The van der Waals surface area contributed by atoms with Crippen molar-refractivity contribution in [2.75, 3.05) is 6.54 Å². The molecule has 192 valence electrons. The fourth-order valence-electron chi connectivity index (χ4n) is 10.4. The summed E-state index contributed by atoms with van der Waals surface area (Å²) in [5, 5.41) is 0. The molecule has 4 saturated carbocycles. The van der Waals surface area contributed by atoms with Crippen molar-refractivity contribution in [1.82, 2.24) is 0 Å². The molecule has 10 atom stereocenters. The van der Waals surface area contributed by atoms with Crippen LogP contribution in [0.15, 0.2) is 48.1 Å². The lowest BCUT2D eigenvalue weighted by atomic mass is 9.53. The average molecular weight is 474 g/mol. The molecule has 0 radical (unpaired) electrons. The van der Waals surface area contributed by atoms with E-state index >= 15 is 0 Å². The highest BCUT2D eigenvalue weighted by Gasteiger charge is 2.46. The molecular weight excluding hydrogens is 422 g/mol. The van der Waals surface area contributed by atoms with Crippen LogP contribution in [-0.2, 0) is 0 Å². The van der Waals surface area contributed by atoms with Gasteiger partial charge in [0, 0.05) is 6.54 Å². The molecule has 0 bridgehead atoms. The van der Waals surface area contributed by atoms with Crippen molar-refractivity contribution in [2.24, 2.45) is 64.9 Å². The second-order valence-electron chi connectivity index (χ2n) is 13.3. The molecule has 35 heavy (non-hydrogen) atoms. The summed E-state index contributed by atoms with van der Waals surface area (Å²) in [7, 11) is 0. The van der Waals surface area contributed by atoms with E-state index in [1.54, 1.807) is 0 Å². The maximum atomic E-state index is 5.73. The van der Waals surface area contributed by atoms with E-state index in [4.69, 9.17) is 5.73 Å². The van der Waals surface area contributed by atoms with Gasteiger partial charge in [0.25, 0.3) is 0 Å². The number of hydrogen-bond acceptors (Lipinski definition) is 1. The molecule has 6 aliphatic carbocycles. The second kappa shape index (κ2) is 11.1. The van der Waals surface area contributed by atoms with Crippen LogP contribution >= 0.6 is 0 Å². The van der Waals surface area contributed by atoms with Crippen LogP contribution in [0.4, 0.5) is 0 Å². The third-order valence-corrected chi connectivity index (χ3v) is 11.9. The summed E-state index contributed by atoms with van der Waals surface area (Å²) < 4.78 is 0. The zero-order valence-electron chi connectivity index (χ0n) is 22.2. The molecule has 4 fully saturated rings. The van der Waals surface area contributed by atoms with Gasteiger partial charge in [-0.25, -0.2) is 0 Å². The standard InChI is InChI=1S/C34H51N/c35-22-8-7-9-24-20-21-30(31-13-4-3-11-28(24)31)25-16-18-26(19-17-25)34-23-27-10-1-2-12-29(27)32-14-5-6-15-33(32)34/h1-2,7-8,10,12,18,24-25,27-34H,3-6,9,11,13-17,19-23,35H2/b8-7-. The molecule has 1 heteroatoms. The molecule has 10 unspecified atom stereocenters. The fourth-order valence-corrected chi connectivity index (χ4v) is 10.4. The zero-order chi connectivity index (χ0) is 23.6. The minimum atomic E-state index is 0.706. The Hall–Kier alpha value is -1.08. The maximum Gasteiger partial charge on any atom is 0.0106 e. The Balaban J connectivity index is 1.13. The molecule has 1 nitrogen and oxygen atoms in total. The lowest BCUT2D eigenvalue weighted by molar-refractivity contribution is 0.0166. The molecule has 0 heterocycles. The van der Waals surface area contributed by atoms with Gasteiger partial charge in [0.1, 0.15) is 0 Å². The molecule has 0 aliphatic heterocycles. The monoisotopic (exact) mass is 473 g/mol. The molecule has 0 saturated heterocycles. The molecular formula is C34H51N. The van der Waals surface area contributed by atoms with Crippen LogP contribution in [0.25, 0.3) is 0 Å². The van der Waals surface area contributed by atoms with Gasteiger partial charge in [0.15, 0.2) is 0 Å². The minimum Gasteiger partial charge on any atom is -0.327 e. The summed E-state index contributed by atoms with van der Waals surface area (Å²) in [6, 6.07) is 0. The van der Waals surface area contributed by atoms with Gasteiger partial charge in [-0.2, -0.15) is 0 Å². The van der Waals surface area contributed by atoms with Crippen LogP contribution in [0.2, 0.25) is 0 Å². The molecule has 6 aliphatic rings. The van der Waals surface area contributed by atoms with Crippen molar-refractivity contribution >= 4 is 0 Å². The second-order valence-corrected chi connectivity index (χ2v) is 13.3. The van der Waals surface area contributed by atoms with Crippen LogP contribution in [0.3, 0.4) is 0 Å². The number of fused-ring (bicyclic) bond motifs is 4. The first kappa shape index (κ1) is 24.3. The SMILES string of the molecule is NC/C=C\CC1CCC(C2CC=C(C3CC4C=CC=CC4C4CCCCC34)CC2)C2CCCCC12. The first-order valence-corrected chi connectivity index (χ1v) is 15.7. The van der Waals surface area contributed by atoms with Gasteiger partial charge >= 0.3 is 0 Å². The molecule has 2 N–H and O–H groups in total. The summed E-state index contributed by atoms with van der Waals surface area (Å²) in [6.45, 7) is 0.706. The highest BCUT2D eigenvalue weighted by atomic mass is 14.5. The summed E-state index contributed by atoms with van der Waals surface area (Å²) in [5.41, 5.74) is 7.63. The highest BCUT2D eigenvalue weighted by Crippen LogP contribution is 2.56. The first-order chi connectivity index (χ1) is 17.3. The zero-order valence-corrected chi connectivity index (χ0v) is 22.2. The van der Waals surface area contributed by atoms with Crippen LogP contribution in [0, 0.1) is 59.2 Å². The van der Waals surface area contributed by atoms with Gasteiger partial charge in [-0.05, 0) is 130 Å². The molecule has 0 spiro atoms. The van der Waals surface area contributed by atoms with Gasteiger partial charge in [0.2, 0.25) is 0 Å². The summed E-state index contributed by atoms with van der Waals surface area (Å²) in [4.78, 5) is 0. The normalized spacial score (nSPS) is 45.5. The van der Waals surface area contributed by atoms with Crippen LogP contribution in [0.1, 0.15) is 96.3 Å². The third kappa shape index (κ3) is 4.93. The van der Waals surface area contributed by atoms with Crippen molar-refractivity contribution in [1.29, 1.82) is 0 Å². The van der Waals surface area contributed by atoms with E-state index < -0.39 is 0 Å². The van der Waals surface area contributed by atoms with Crippen LogP contribution < -0.4 is 5.73 Å². The Morgan fingerprint density at radius 3 is 2.31 bits per heavy atom. The largest absolute Gasteiger partial charge is 0.327 e. The van der Waals surface area contributed by atoms with E-state index in [-0.39, 0.29) is 0 Å². The Morgan fingerprint density at radius 2 is 1.51 bits per heavy atom. The van der Waals surface area contributed by atoms with E-state index in [2.05, 4.69) is 42.5 Å². The Bertz CT molecular complexity index is 832. The number of hydrogen-bond donors (Lipinski definition) is 1. The third-order valence-electron chi connectivity index (χ3n) is 11.9. The molecule has 0 amide bonds.